The van der Waals surface area contributed by atoms with Crippen molar-refractivity contribution >= 4 is 0 Å². The summed E-state index contributed by atoms with van der Waals surface area (Å²) in [6, 6.07) is 65.9. The quantitative estimate of drug-likeness (QED) is 0.162. The molecule has 0 unspecified atom stereocenters. The fraction of sp³-hybridized carbons (Fsp3) is 0.115. The normalized spacial score (nSPS) is 14.6. The molecule has 0 fully saturated rings. The van der Waals surface area contributed by atoms with Gasteiger partial charge in [-0.1, -0.05) is 181 Å². The van der Waals surface area contributed by atoms with E-state index in [9.17, 15) is 0 Å². The van der Waals surface area contributed by atoms with Crippen LogP contribution in [0.2, 0.25) is 0 Å². The highest BCUT2D eigenvalue weighted by Crippen LogP contribution is 2.48. The Labute approximate surface area is 307 Å². The zero-order valence-electron chi connectivity index (χ0n) is 29.1. The van der Waals surface area contributed by atoms with Crippen LogP contribution in [0.1, 0.15) is 66.8 Å². The Bertz CT molecular complexity index is 2240. The molecule has 0 bridgehead atoms. The van der Waals surface area contributed by atoms with Crippen LogP contribution in [0.15, 0.2) is 182 Å². The van der Waals surface area contributed by atoms with Crippen LogP contribution in [-0.2, 0) is 36.5 Å². The number of rotatable bonds is 2. The van der Waals surface area contributed by atoms with Crippen LogP contribution in [0.25, 0.3) is 0 Å². The van der Waals surface area contributed by atoms with Crippen LogP contribution in [0.5, 0.6) is 0 Å². The van der Waals surface area contributed by atoms with Crippen LogP contribution >= 0.6 is 0 Å². The Kier molecular flexibility index (Phi) is 8.16. The lowest BCUT2D eigenvalue weighted by Gasteiger charge is -2.35. The van der Waals surface area contributed by atoms with E-state index in [1.165, 1.54) is 55.6 Å². The lowest BCUT2D eigenvalue weighted by Crippen LogP contribution is -2.31. The lowest BCUT2D eigenvalue weighted by atomic mass is 9.65. The van der Waals surface area contributed by atoms with Gasteiger partial charge in [-0.05, 0) is 106 Å². The van der Waals surface area contributed by atoms with Crippen molar-refractivity contribution in [2.24, 2.45) is 0 Å². The zero-order valence-corrected chi connectivity index (χ0v) is 29.1. The summed E-state index contributed by atoms with van der Waals surface area (Å²) in [6.07, 6.45) is 3.91. The standard InChI is InChI=1S/C52H38/c1-3-15-39(16-4-1)35-37-51(47-23-11-7-19-41(47)27-28-42-20-8-12-24-48(42)51)45-31-33-46(34-32-45)52(38-36-40-17-5-2-6-18-40)49-25-13-9-21-43(49)29-30-44-22-10-14-26-50(44)52/h1-26,31-34H,27-30H2. The summed E-state index contributed by atoms with van der Waals surface area (Å²) < 4.78 is 0. The summed E-state index contributed by atoms with van der Waals surface area (Å²) in [7, 11) is 0. The van der Waals surface area contributed by atoms with Crippen LogP contribution in [-0.4, -0.2) is 0 Å². The summed E-state index contributed by atoms with van der Waals surface area (Å²) in [5.74, 6) is 15.2. The number of fused-ring (bicyclic) bond motifs is 4. The first kappa shape index (κ1) is 31.6. The second-order valence-corrected chi connectivity index (χ2v) is 13.9. The predicted octanol–water partition coefficient (Wildman–Crippen LogP) is 10.7. The molecule has 2 aliphatic rings. The number of aryl methyl sites for hydroxylation is 4. The fourth-order valence-electron chi connectivity index (χ4n) is 8.63. The number of hydrogen-bond acceptors (Lipinski definition) is 0. The summed E-state index contributed by atoms with van der Waals surface area (Å²) in [5, 5.41) is 0. The minimum Gasteiger partial charge on any atom is -0.0765 e. The number of benzene rings is 7. The van der Waals surface area contributed by atoms with Crippen molar-refractivity contribution in [3.05, 3.63) is 249 Å². The molecule has 0 spiro atoms. The van der Waals surface area contributed by atoms with Gasteiger partial charge in [-0.2, -0.15) is 0 Å². The molecule has 0 radical (unpaired) electrons. The van der Waals surface area contributed by atoms with Crippen molar-refractivity contribution in [2.75, 3.05) is 0 Å². The van der Waals surface area contributed by atoms with Crippen molar-refractivity contribution < 1.29 is 0 Å². The molecule has 0 aromatic heterocycles. The summed E-state index contributed by atoms with van der Waals surface area (Å²) >= 11 is 0. The monoisotopic (exact) mass is 662 g/mol. The van der Waals surface area contributed by atoms with E-state index in [-0.39, 0.29) is 0 Å². The Morgan fingerprint density at radius 2 is 0.558 bits per heavy atom. The average molecular weight is 663 g/mol. The second kappa shape index (κ2) is 13.4. The Morgan fingerprint density at radius 3 is 0.865 bits per heavy atom. The lowest BCUT2D eigenvalue weighted by molar-refractivity contribution is 0.783. The maximum atomic E-state index is 3.94. The Balaban J connectivity index is 1.33. The SMILES string of the molecule is C(#CC1(c2ccc(C3(C#Cc4ccccc4)c4ccccc4CCc4ccccc43)cc2)c2ccccc2CCc2ccccc21)c1ccccc1. The first-order chi connectivity index (χ1) is 25.8. The van der Waals surface area contributed by atoms with Gasteiger partial charge in [-0.15, -0.1) is 0 Å². The molecule has 0 nitrogen and oxygen atoms in total. The minimum absolute atomic E-state index is 0.666. The summed E-state index contributed by atoms with van der Waals surface area (Å²) in [6.45, 7) is 0. The van der Waals surface area contributed by atoms with Gasteiger partial charge in [0.15, 0.2) is 0 Å². The van der Waals surface area contributed by atoms with E-state index in [1.807, 2.05) is 0 Å². The smallest absolute Gasteiger partial charge is 0.0765 e. The molecule has 0 amide bonds. The topological polar surface area (TPSA) is 0 Å². The summed E-state index contributed by atoms with van der Waals surface area (Å²) in [4.78, 5) is 0. The molecule has 52 heavy (non-hydrogen) atoms. The molecule has 0 heteroatoms. The Hall–Kier alpha value is -6.34. The third-order valence-electron chi connectivity index (χ3n) is 11.1. The minimum atomic E-state index is -0.666. The molecule has 7 aromatic carbocycles. The van der Waals surface area contributed by atoms with E-state index < -0.39 is 10.8 Å². The molecule has 0 heterocycles. The molecule has 0 N–H and O–H groups in total. The molecule has 0 saturated heterocycles. The van der Waals surface area contributed by atoms with Gasteiger partial charge in [0, 0.05) is 11.1 Å². The molecule has 0 atom stereocenters. The van der Waals surface area contributed by atoms with E-state index in [4.69, 9.17) is 0 Å². The first-order valence-electron chi connectivity index (χ1n) is 18.4. The highest BCUT2D eigenvalue weighted by atomic mass is 14.4. The van der Waals surface area contributed by atoms with E-state index in [0.717, 1.165) is 36.8 Å². The molecule has 9 rings (SSSR count). The van der Waals surface area contributed by atoms with Gasteiger partial charge in [-0.3, -0.25) is 0 Å². The fourth-order valence-corrected chi connectivity index (χ4v) is 8.63. The third-order valence-corrected chi connectivity index (χ3v) is 11.1. The van der Waals surface area contributed by atoms with Gasteiger partial charge in [0.1, 0.15) is 10.8 Å². The van der Waals surface area contributed by atoms with Crippen molar-refractivity contribution in [1.29, 1.82) is 0 Å². The third kappa shape index (κ3) is 5.37. The largest absolute Gasteiger partial charge is 0.107 e. The molecular weight excluding hydrogens is 625 g/mol. The molecule has 2 aliphatic carbocycles. The van der Waals surface area contributed by atoms with Gasteiger partial charge in [0.2, 0.25) is 0 Å². The van der Waals surface area contributed by atoms with Crippen molar-refractivity contribution in [3.63, 3.8) is 0 Å². The molecule has 246 valence electrons. The van der Waals surface area contributed by atoms with Gasteiger partial charge in [0.05, 0.1) is 0 Å². The molecule has 7 aromatic rings. The van der Waals surface area contributed by atoms with Gasteiger partial charge in [0.25, 0.3) is 0 Å². The molecular formula is C52H38. The first-order valence-corrected chi connectivity index (χ1v) is 18.4. The number of hydrogen-bond donors (Lipinski definition) is 0. The predicted molar refractivity (Wildman–Crippen MR) is 213 cm³/mol. The van der Waals surface area contributed by atoms with Crippen LogP contribution in [0, 0.1) is 23.7 Å². The van der Waals surface area contributed by atoms with Crippen LogP contribution in [0.3, 0.4) is 0 Å². The van der Waals surface area contributed by atoms with E-state index in [0.29, 0.717) is 0 Å². The van der Waals surface area contributed by atoms with E-state index in [2.05, 4.69) is 206 Å². The van der Waals surface area contributed by atoms with Crippen molar-refractivity contribution in [2.45, 2.75) is 36.5 Å². The van der Waals surface area contributed by atoms with Gasteiger partial charge >= 0.3 is 0 Å². The summed E-state index contributed by atoms with van der Waals surface area (Å²) in [5.41, 5.74) is 13.5. The van der Waals surface area contributed by atoms with Gasteiger partial charge in [-0.25, -0.2) is 0 Å². The molecule has 0 aliphatic heterocycles. The van der Waals surface area contributed by atoms with Crippen molar-refractivity contribution in [3.8, 4) is 23.7 Å². The molecule has 0 saturated carbocycles. The van der Waals surface area contributed by atoms with E-state index >= 15 is 0 Å². The average Bonchev–Trinajstić information content (AvgIpc) is 3.46. The van der Waals surface area contributed by atoms with Crippen LogP contribution in [0.4, 0.5) is 0 Å². The second-order valence-electron chi connectivity index (χ2n) is 13.9. The maximum absolute atomic E-state index is 3.94. The van der Waals surface area contributed by atoms with E-state index in [1.54, 1.807) is 0 Å². The van der Waals surface area contributed by atoms with Gasteiger partial charge < -0.3 is 0 Å². The Morgan fingerprint density at radius 1 is 0.288 bits per heavy atom. The van der Waals surface area contributed by atoms with Crippen LogP contribution < -0.4 is 0 Å². The highest BCUT2D eigenvalue weighted by Gasteiger charge is 2.42. The zero-order chi connectivity index (χ0) is 34.8. The van der Waals surface area contributed by atoms with Crippen molar-refractivity contribution in [1.82, 2.24) is 0 Å². The highest BCUT2D eigenvalue weighted by molar-refractivity contribution is 5.68. The maximum Gasteiger partial charge on any atom is 0.107 e.